The number of nitrogens with zero attached hydrogens (tertiary/aromatic N) is 5. The molecule has 10 rings (SSSR count). The number of alkyl halides is 3. The fourth-order valence-corrected chi connectivity index (χ4v) is 10.4. The molecule has 0 spiro atoms. The van der Waals surface area contributed by atoms with Crippen molar-refractivity contribution in [1.82, 2.24) is 25.2 Å². The number of aryl methyl sites for hydroxylation is 1. The maximum Gasteiger partial charge on any atom is 0.414 e. The van der Waals surface area contributed by atoms with Crippen LogP contribution >= 0.6 is 0 Å². The Balaban J connectivity index is 1.03. The van der Waals surface area contributed by atoms with Gasteiger partial charge in [0.25, 0.3) is 0 Å². The Bertz CT molecular complexity index is 2210. The molecule has 1 aliphatic carbocycles. The van der Waals surface area contributed by atoms with E-state index in [9.17, 15) is 13.2 Å². The van der Waals surface area contributed by atoms with Crippen LogP contribution in [0.2, 0.25) is 0 Å². The zero-order valence-corrected chi connectivity index (χ0v) is 29.8. The van der Waals surface area contributed by atoms with Gasteiger partial charge in [-0.25, -0.2) is 13.8 Å². The number of anilines is 1. The van der Waals surface area contributed by atoms with Crippen molar-refractivity contribution in [3.8, 4) is 29.6 Å². The quantitative estimate of drug-likeness (QED) is 0.152. The molecule has 2 bridgehead atoms. The molecule has 1 N–H and O–H groups in total. The summed E-state index contributed by atoms with van der Waals surface area (Å²) >= 11 is 0. The second kappa shape index (κ2) is 12.7. The molecule has 0 radical (unpaired) electrons. The molecular formula is C41H41F5N6O2. The van der Waals surface area contributed by atoms with Crippen LogP contribution in [-0.4, -0.2) is 88.1 Å². The molecule has 6 atom stereocenters. The topological polar surface area (TPSA) is 75.6 Å². The number of halogens is 5. The lowest BCUT2D eigenvalue weighted by Crippen LogP contribution is -2.58. The van der Waals surface area contributed by atoms with Gasteiger partial charge in [0.05, 0.1) is 28.8 Å². The van der Waals surface area contributed by atoms with Gasteiger partial charge in [-0.05, 0) is 88.1 Å². The molecule has 5 fully saturated rings. The minimum absolute atomic E-state index is 0.0228. The first-order chi connectivity index (χ1) is 26.1. The number of hydrogen-bond donors (Lipinski definition) is 1. The Kier molecular flexibility index (Phi) is 8.09. The highest BCUT2D eigenvalue weighted by Crippen LogP contribution is 2.47. The summed E-state index contributed by atoms with van der Waals surface area (Å²) in [6.45, 7) is 1.69. The number of piperazine rings is 1. The van der Waals surface area contributed by atoms with Gasteiger partial charge in [-0.15, -0.1) is 6.42 Å². The van der Waals surface area contributed by atoms with Gasteiger partial charge in [0.15, 0.2) is 11.9 Å². The van der Waals surface area contributed by atoms with Crippen molar-refractivity contribution in [3.05, 3.63) is 53.2 Å². The molecule has 1 unspecified atom stereocenters. The molecule has 13 heteroatoms. The fraction of sp³-hybridized carbons (Fsp3) is 0.537. The van der Waals surface area contributed by atoms with E-state index < -0.39 is 35.4 Å². The maximum absolute atomic E-state index is 17.3. The Morgan fingerprint density at radius 3 is 2.69 bits per heavy atom. The zero-order valence-electron chi connectivity index (χ0n) is 29.8. The molecule has 6 aliphatic rings. The molecule has 54 heavy (non-hydrogen) atoms. The Hall–Kier alpha value is -4.12. The molecular weight excluding hydrogens is 703 g/mol. The third-order valence-electron chi connectivity index (χ3n) is 13.1. The van der Waals surface area contributed by atoms with Crippen LogP contribution in [-0.2, 0) is 11.2 Å². The van der Waals surface area contributed by atoms with E-state index >= 15 is 8.78 Å². The van der Waals surface area contributed by atoms with Crippen molar-refractivity contribution in [1.29, 1.82) is 0 Å². The number of hydrogen-bond acceptors (Lipinski definition) is 8. The van der Waals surface area contributed by atoms with Crippen LogP contribution in [0.25, 0.3) is 32.9 Å². The summed E-state index contributed by atoms with van der Waals surface area (Å²) in [6, 6.07) is 8.81. The van der Waals surface area contributed by atoms with Crippen molar-refractivity contribution in [2.24, 2.45) is 5.92 Å². The molecule has 2 aromatic heterocycles. The first kappa shape index (κ1) is 34.4. The third-order valence-corrected chi connectivity index (χ3v) is 13.1. The minimum Gasteiger partial charge on any atom is -0.461 e. The van der Waals surface area contributed by atoms with Gasteiger partial charge < -0.3 is 19.7 Å². The summed E-state index contributed by atoms with van der Waals surface area (Å²) in [6.07, 6.45) is 7.39. The van der Waals surface area contributed by atoms with Crippen LogP contribution in [0.5, 0.6) is 6.01 Å². The highest BCUT2D eigenvalue weighted by Gasteiger charge is 2.53. The van der Waals surface area contributed by atoms with E-state index in [1.807, 2.05) is 6.07 Å². The molecule has 7 heterocycles. The minimum atomic E-state index is -4.38. The summed E-state index contributed by atoms with van der Waals surface area (Å²) in [7, 11) is 0. The van der Waals surface area contributed by atoms with Crippen molar-refractivity contribution < 1.29 is 31.4 Å². The van der Waals surface area contributed by atoms with Crippen molar-refractivity contribution in [2.45, 2.75) is 106 Å². The number of pyridine rings is 1. The Labute approximate surface area is 309 Å². The summed E-state index contributed by atoms with van der Waals surface area (Å²) in [5.41, 5.74) is 0.832. The lowest BCUT2D eigenvalue weighted by Gasteiger charge is -2.41. The van der Waals surface area contributed by atoms with Crippen LogP contribution in [0.4, 0.5) is 27.8 Å². The van der Waals surface area contributed by atoms with Crippen molar-refractivity contribution in [3.63, 3.8) is 0 Å². The molecule has 4 aromatic rings. The largest absolute Gasteiger partial charge is 0.461 e. The summed E-state index contributed by atoms with van der Waals surface area (Å²) in [5, 5.41) is 5.40. The standard InChI is InChI=1S/C41H41F5N6O2/c1-2-26-28(42)11-9-22-5-3-6-27(32(22)26)35-34(43)36-33-30(48-35)13-14-31-29-12-10-24(47-29)19-51(31)38(33)50-39(49-36)54-21-40-16-4-18-52(40)25(15-17-40)20-53-37(23-7-8-23)41(44,45)46/h1,3,5-6,9,11,23-25,29,31,37,47H,4,7-8,10,12-21H2/t24-,25-,29+,31+,37?,40-/m0/s1. The van der Waals surface area contributed by atoms with E-state index in [0.29, 0.717) is 65.5 Å². The molecule has 8 nitrogen and oxygen atoms in total. The second-order valence-corrected chi connectivity index (χ2v) is 16.2. The van der Waals surface area contributed by atoms with E-state index in [1.54, 1.807) is 18.2 Å². The average molecular weight is 745 g/mol. The lowest BCUT2D eigenvalue weighted by molar-refractivity contribution is -0.230. The average Bonchev–Trinajstić information content (AvgIpc) is 3.69. The van der Waals surface area contributed by atoms with E-state index in [-0.39, 0.29) is 60.2 Å². The third kappa shape index (κ3) is 5.54. The molecule has 1 saturated carbocycles. The van der Waals surface area contributed by atoms with Gasteiger partial charge in [0.2, 0.25) is 0 Å². The van der Waals surface area contributed by atoms with E-state index in [2.05, 4.69) is 21.0 Å². The van der Waals surface area contributed by atoms with E-state index in [4.69, 9.17) is 30.8 Å². The van der Waals surface area contributed by atoms with E-state index in [0.717, 1.165) is 45.1 Å². The van der Waals surface area contributed by atoms with Gasteiger partial charge in [0, 0.05) is 41.7 Å². The first-order valence-electron chi connectivity index (χ1n) is 19.3. The van der Waals surface area contributed by atoms with Gasteiger partial charge in [-0.3, -0.25) is 4.90 Å². The Morgan fingerprint density at radius 2 is 1.87 bits per heavy atom. The second-order valence-electron chi connectivity index (χ2n) is 16.2. The highest BCUT2D eigenvalue weighted by atomic mass is 19.4. The number of ether oxygens (including phenoxy) is 2. The molecule has 5 aliphatic heterocycles. The molecule has 282 valence electrons. The highest BCUT2D eigenvalue weighted by molar-refractivity contribution is 6.02. The summed E-state index contributed by atoms with van der Waals surface area (Å²) in [5.74, 6) is 1.40. The van der Waals surface area contributed by atoms with Gasteiger partial charge in [-0.1, -0.05) is 30.2 Å². The van der Waals surface area contributed by atoms with Gasteiger partial charge in [0.1, 0.15) is 29.5 Å². The smallest absolute Gasteiger partial charge is 0.414 e. The van der Waals surface area contributed by atoms with Gasteiger partial charge in [-0.2, -0.15) is 23.1 Å². The number of rotatable bonds is 8. The van der Waals surface area contributed by atoms with E-state index in [1.165, 1.54) is 6.07 Å². The SMILES string of the molecule is C#Cc1c(F)ccc2cccc(-c3nc4c5c(nc(OC[C@@]67CCCN6[C@H](COC(C6CC6)C(F)(F)F)CC7)nc5c3F)N3C[C@@H]5CC[C@@H](N5)[C@H]3CC4)c12. The molecule has 0 amide bonds. The van der Waals surface area contributed by atoms with Crippen LogP contribution in [0.1, 0.15) is 69.0 Å². The van der Waals surface area contributed by atoms with Crippen LogP contribution in [0, 0.1) is 29.9 Å². The number of fused-ring (bicyclic) bond motifs is 7. The number of nitrogens with one attached hydrogen (secondary N) is 1. The fourth-order valence-electron chi connectivity index (χ4n) is 10.4. The van der Waals surface area contributed by atoms with Crippen LogP contribution < -0.4 is 15.0 Å². The summed E-state index contributed by atoms with van der Waals surface area (Å²) in [4.78, 5) is 19.3. The molecule has 4 saturated heterocycles. The van der Waals surface area contributed by atoms with Crippen LogP contribution in [0.3, 0.4) is 0 Å². The predicted octanol–water partition coefficient (Wildman–Crippen LogP) is 7.09. The van der Waals surface area contributed by atoms with Gasteiger partial charge >= 0.3 is 12.2 Å². The number of terminal acetylenes is 1. The Morgan fingerprint density at radius 1 is 1.00 bits per heavy atom. The number of aromatic nitrogens is 3. The van der Waals surface area contributed by atoms with Crippen molar-refractivity contribution >= 4 is 27.5 Å². The van der Waals surface area contributed by atoms with Crippen LogP contribution in [0.15, 0.2) is 30.3 Å². The first-order valence-corrected chi connectivity index (χ1v) is 19.3. The monoisotopic (exact) mass is 744 g/mol. The normalized spacial score (nSPS) is 28.3. The maximum atomic E-state index is 17.3. The zero-order chi connectivity index (χ0) is 36.9. The van der Waals surface area contributed by atoms with Crippen molar-refractivity contribution in [2.75, 3.05) is 31.2 Å². The molecule has 2 aromatic carbocycles. The number of benzene rings is 2. The summed E-state index contributed by atoms with van der Waals surface area (Å²) < 4.78 is 85.7. The predicted molar refractivity (Wildman–Crippen MR) is 193 cm³/mol. The lowest BCUT2D eigenvalue weighted by atomic mass is 9.95.